The minimum Gasteiger partial charge on any atom is -0.315 e. The molecule has 2 atom stereocenters. The third-order valence-electron chi connectivity index (χ3n) is 4.63. The van der Waals surface area contributed by atoms with E-state index in [-0.39, 0.29) is 10.8 Å². The van der Waals surface area contributed by atoms with Crippen LogP contribution in [0, 0.1) is 5.82 Å². The second kappa shape index (κ2) is 5.98. The van der Waals surface area contributed by atoms with Gasteiger partial charge in [0.1, 0.15) is 5.82 Å². The van der Waals surface area contributed by atoms with Crippen LogP contribution in [-0.2, 0) is 6.42 Å². The number of hydrogen-bond donors (Lipinski definition) is 1. The summed E-state index contributed by atoms with van der Waals surface area (Å²) in [5.74, 6) is -0.326. The summed E-state index contributed by atoms with van der Waals surface area (Å²) in [4.78, 5) is 5.07. The van der Waals surface area contributed by atoms with Crippen molar-refractivity contribution in [2.24, 2.45) is 0 Å². The molecule has 110 valence electrons. The van der Waals surface area contributed by atoms with E-state index in [1.165, 1.54) is 19.2 Å². The van der Waals surface area contributed by atoms with Crippen molar-refractivity contribution < 1.29 is 4.39 Å². The van der Waals surface area contributed by atoms with E-state index in [0.29, 0.717) is 12.1 Å². The first-order chi connectivity index (χ1) is 9.69. The van der Waals surface area contributed by atoms with Crippen molar-refractivity contribution >= 4 is 11.6 Å². The van der Waals surface area contributed by atoms with Gasteiger partial charge in [-0.2, -0.15) is 0 Å². The molecule has 3 fully saturated rings. The van der Waals surface area contributed by atoms with E-state index >= 15 is 0 Å². The van der Waals surface area contributed by atoms with Gasteiger partial charge in [0.25, 0.3) is 0 Å². The van der Waals surface area contributed by atoms with Crippen LogP contribution in [0.3, 0.4) is 0 Å². The lowest BCUT2D eigenvalue weighted by atomic mass is 9.94. The van der Waals surface area contributed by atoms with Crippen LogP contribution in [-0.4, -0.2) is 61.7 Å². The van der Waals surface area contributed by atoms with E-state index in [1.807, 2.05) is 13.1 Å². The molecule has 1 N–H and O–H groups in total. The van der Waals surface area contributed by atoms with Gasteiger partial charge in [0.15, 0.2) is 0 Å². The quantitative estimate of drug-likeness (QED) is 0.911. The van der Waals surface area contributed by atoms with Gasteiger partial charge in [-0.3, -0.25) is 9.80 Å². The Hall–Kier alpha value is -0.680. The van der Waals surface area contributed by atoms with Gasteiger partial charge >= 0.3 is 0 Å². The smallest absolute Gasteiger partial charge is 0.142 e. The molecule has 3 nitrogen and oxygen atoms in total. The van der Waals surface area contributed by atoms with Crippen LogP contribution < -0.4 is 5.32 Å². The fourth-order valence-corrected chi connectivity index (χ4v) is 3.62. The van der Waals surface area contributed by atoms with Gasteiger partial charge < -0.3 is 5.32 Å². The highest BCUT2D eigenvalue weighted by atomic mass is 35.5. The molecule has 0 aliphatic carbocycles. The number of piperazine rings is 3. The molecule has 1 aromatic carbocycles. The average molecular weight is 298 g/mol. The summed E-state index contributed by atoms with van der Waals surface area (Å²) in [5.41, 5.74) is 0.892. The van der Waals surface area contributed by atoms with Gasteiger partial charge in [0.05, 0.1) is 5.02 Å². The van der Waals surface area contributed by atoms with Crippen molar-refractivity contribution in [3.63, 3.8) is 0 Å². The fraction of sp³-hybridized carbons (Fsp3) is 0.600. The zero-order chi connectivity index (χ0) is 14.1. The standard InChI is InChI=1S/C15H21ClFN3/c1-18-13(9-11-3-2-4-12(17)15(11)16)14-10-19-5-7-20(14)8-6-19/h2-4,13-14,18H,5-10H2,1H3. The van der Waals surface area contributed by atoms with Crippen LogP contribution in [0.25, 0.3) is 0 Å². The lowest BCUT2D eigenvalue weighted by Gasteiger charge is -2.50. The average Bonchev–Trinajstić information content (AvgIpc) is 2.50. The van der Waals surface area contributed by atoms with Gasteiger partial charge in [0, 0.05) is 44.8 Å². The first-order valence-electron chi connectivity index (χ1n) is 7.25. The van der Waals surface area contributed by atoms with Crippen molar-refractivity contribution in [3.05, 3.63) is 34.6 Å². The number of halogens is 2. The molecule has 0 radical (unpaired) electrons. The minimum atomic E-state index is -0.326. The Morgan fingerprint density at radius 2 is 2.10 bits per heavy atom. The zero-order valence-corrected chi connectivity index (χ0v) is 12.5. The maximum atomic E-state index is 13.6. The van der Waals surface area contributed by atoms with Crippen LogP contribution in [0.1, 0.15) is 5.56 Å². The molecule has 1 aromatic rings. The number of likely N-dealkylation sites (N-methyl/N-ethyl adjacent to an activating group) is 1. The third kappa shape index (κ3) is 2.70. The minimum absolute atomic E-state index is 0.268. The molecule has 3 heterocycles. The maximum absolute atomic E-state index is 13.6. The van der Waals surface area contributed by atoms with E-state index in [4.69, 9.17) is 11.6 Å². The molecule has 3 saturated heterocycles. The Bertz CT molecular complexity index is 474. The number of hydrogen-bond acceptors (Lipinski definition) is 3. The monoisotopic (exact) mass is 297 g/mol. The molecule has 0 amide bonds. The summed E-state index contributed by atoms with van der Waals surface area (Å²) in [6, 6.07) is 5.86. The van der Waals surface area contributed by atoms with E-state index < -0.39 is 0 Å². The Kier molecular flexibility index (Phi) is 4.26. The topological polar surface area (TPSA) is 18.5 Å². The van der Waals surface area contributed by atoms with Crippen LogP contribution in [0.15, 0.2) is 18.2 Å². The Morgan fingerprint density at radius 3 is 2.70 bits per heavy atom. The second-order valence-corrected chi connectivity index (χ2v) is 6.09. The molecular formula is C15H21ClFN3. The molecule has 3 aliphatic heterocycles. The van der Waals surface area contributed by atoms with Gasteiger partial charge in [-0.1, -0.05) is 23.7 Å². The first-order valence-corrected chi connectivity index (χ1v) is 7.63. The largest absolute Gasteiger partial charge is 0.315 e. The molecular weight excluding hydrogens is 277 g/mol. The van der Waals surface area contributed by atoms with Crippen molar-refractivity contribution in [1.82, 2.24) is 15.1 Å². The number of rotatable bonds is 4. The molecule has 0 aromatic heterocycles. The Labute approximate surface area is 124 Å². The predicted octanol–water partition coefficient (Wildman–Crippen LogP) is 1.61. The normalized spacial score (nSPS) is 30.4. The Morgan fingerprint density at radius 1 is 1.35 bits per heavy atom. The second-order valence-electron chi connectivity index (χ2n) is 5.72. The third-order valence-corrected chi connectivity index (χ3v) is 5.05. The van der Waals surface area contributed by atoms with Gasteiger partial charge in [-0.15, -0.1) is 0 Å². The van der Waals surface area contributed by atoms with Crippen LogP contribution >= 0.6 is 11.6 Å². The molecule has 20 heavy (non-hydrogen) atoms. The SMILES string of the molecule is CNC(Cc1cccc(F)c1Cl)C1CN2CCN1CC2. The van der Waals surface area contributed by atoms with Crippen LogP contribution in [0.4, 0.5) is 4.39 Å². The van der Waals surface area contributed by atoms with Gasteiger partial charge in [0.2, 0.25) is 0 Å². The van der Waals surface area contributed by atoms with E-state index in [9.17, 15) is 4.39 Å². The van der Waals surface area contributed by atoms with Gasteiger partial charge in [-0.25, -0.2) is 4.39 Å². The first kappa shape index (κ1) is 14.3. The Balaban J connectivity index is 1.75. The summed E-state index contributed by atoms with van der Waals surface area (Å²) in [7, 11) is 1.98. The molecule has 4 rings (SSSR count). The number of benzene rings is 1. The lowest BCUT2D eigenvalue weighted by molar-refractivity contribution is -0.00202. The highest BCUT2D eigenvalue weighted by Crippen LogP contribution is 2.24. The molecule has 0 saturated carbocycles. The molecule has 5 heteroatoms. The van der Waals surface area contributed by atoms with Crippen LogP contribution in [0.2, 0.25) is 5.02 Å². The van der Waals surface area contributed by atoms with Crippen molar-refractivity contribution in [2.75, 3.05) is 39.8 Å². The number of fused-ring (bicyclic) bond motifs is 3. The number of nitrogens with one attached hydrogen (secondary N) is 1. The predicted molar refractivity (Wildman–Crippen MR) is 79.8 cm³/mol. The van der Waals surface area contributed by atoms with E-state index in [0.717, 1.165) is 31.6 Å². The van der Waals surface area contributed by atoms with E-state index in [1.54, 1.807) is 6.07 Å². The maximum Gasteiger partial charge on any atom is 0.142 e. The fourth-order valence-electron chi connectivity index (χ4n) is 3.41. The summed E-state index contributed by atoms with van der Waals surface area (Å²) in [6.45, 7) is 5.72. The highest BCUT2D eigenvalue weighted by Gasteiger charge is 2.36. The van der Waals surface area contributed by atoms with E-state index in [2.05, 4.69) is 15.1 Å². The zero-order valence-electron chi connectivity index (χ0n) is 11.8. The summed E-state index contributed by atoms with van der Waals surface area (Å²) < 4.78 is 13.6. The van der Waals surface area contributed by atoms with Crippen molar-refractivity contribution in [2.45, 2.75) is 18.5 Å². The molecule has 2 unspecified atom stereocenters. The molecule has 2 bridgehead atoms. The molecule has 3 aliphatic rings. The summed E-state index contributed by atoms with van der Waals surface area (Å²) in [6.07, 6.45) is 0.766. The van der Waals surface area contributed by atoms with Crippen molar-refractivity contribution in [1.29, 1.82) is 0 Å². The van der Waals surface area contributed by atoms with Gasteiger partial charge in [-0.05, 0) is 25.1 Å². The summed E-state index contributed by atoms with van der Waals surface area (Å²) >= 11 is 6.09. The highest BCUT2D eigenvalue weighted by molar-refractivity contribution is 6.31. The van der Waals surface area contributed by atoms with Crippen molar-refractivity contribution in [3.8, 4) is 0 Å². The number of nitrogens with zero attached hydrogens (tertiary/aromatic N) is 2. The molecule has 0 spiro atoms. The lowest BCUT2D eigenvalue weighted by Crippen LogP contribution is -2.66. The van der Waals surface area contributed by atoms with Crippen LogP contribution in [0.5, 0.6) is 0 Å². The summed E-state index contributed by atoms with van der Waals surface area (Å²) in [5, 5.41) is 3.67.